The maximum Gasteiger partial charge on any atom is 0.337 e. The van der Waals surface area contributed by atoms with Crippen molar-refractivity contribution in [3.8, 4) is 5.75 Å². The lowest BCUT2D eigenvalue weighted by Gasteiger charge is -2.09. The van der Waals surface area contributed by atoms with Gasteiger partial charge in [-0.3, -0.25) is 0 Å². The Morgan fingerprint density at radius 1 is 1.45 bits per heavy atom. The second kappa shape index (κ2) is 6.63. The van der Waals surface area contributed by atoms with Crippen LogP contribution in [0.1, 0.15) is 17.3 Å². The van der Waals surface area contributed by atoms with Crippen LogP contribution in [-0.2, 0) is 0 Å². The molecule has 0 saturated carbocycles. The molecule has 1 aromatic carbocycles. The summed E-state index contributed by atoms with van der Waals surface area (Å²) in [7, 11) is 0. The van der Waals surface area contributed by atoms with Crippen LogP contribution in [0.5, 0.6) is 5.75 Å². The molecule has 0 radical (unpaired) electrons. The first-order valence-electron chi connectivity index (χ1n) is 5.90. The van der Waals surface area contributed by atoms with Gasteiger partial charge in [0.15, 0.2) is 5.75 Å². The van der Waals surface area contributed by atoms with E-state index in [2.05, 4.69) is 4.98 Å². The SMILES string of the molecule is CCOc1cccnc1Sc1ccc(Cl)c(C(=O)O)c1. The Bertz CT molecular complexity index is 634. The third-order valence-corrected chi connectivity index (χ3v) is 3.74. The van der Waals surface area contributed by atoms with E-state index in [1.165, 1.54) is 17.8 Å². The molecule has 0 bridgehead atoms. The van der Waals surface area contributed by atoms with Gasteiger partial charge < -0.3 is 9.84 Å². The molecule has 0 fully saturated rings. The van der Waals surface area contributed by atoms with Crippen molar-refractivity contribution in [2.75, 3.05) is 6.61 Å². The molecule has 1 heterocycles. The first-order valence-corrected chi connectivity index (χ1v) is 7.09. The third kappa shape index (κ3) is 3.43. The van der Waals surface area contributed by atoms with E-state index in [9.17, 15) is 4.79 Å². The van der Waals surface area contributed by atoms with Crippen molar-refractivity contribution in [1.29, 1.82) is 0 Å². The number of hydrogen-bond acceptors (Lipinski definition) is 4. The number of halogens is 1. The topological polar surface area (TPSA) is 59.4 Å². The molecule has 0 saturated heterocycles. The van der Waals surface area contributed by atoms with Gasteiger partial charge in [-0.05, 0) is 37.3 Å². The van der Waals surface area contributed by atoms with Crippen molar-refractivity contribution in [3.05, 3.63) is 47.1 Å². The van der Waals surface area contributed by atoms with Gasteiger partial charge in [0.1, 0.15) is 5.03 Å². The second-order valence-electron chi connectivity index (χ2n) is 3.79. The second-order valence-corrected chi connectivity index (χ2v) is 5.26. The number of rotatable bonds is 5. The van der Waals surface area contributed by atoms with Crippen molar-refractivity contribution in [2.45, 2.75) is 16.8 Å². The Balaban J connectivity index is 2.31. The highest BCUT2D eigenvalue weighted by molar-refractivity contribution is 7.99. The van der Waals surface area contributed by atoms with E-state index >= 15 is 0 Å². The van der Waals surface area contributed by atoms with E-state index in [4.69, 9.17) is 21.4 Å². The largest absolute Gasteiger partial charge is 0.491 e. The number of ether oxygens (including phenoxy) is 1. The molecule has 104 valence electrons. The number of carboxylic acid groups (broad SMARTS) is 1. The van der Waals surface area contributed by atoms with Crippen LogP contribution < -0.4 is 4.74 Å². The zero-order chi connectivity index (χ0) is 14.5. The lowest BCUT2D eigenvalue weighted by atomic mass is 10.2. The Morgan fingerprint density at radius 2 is 2.25 bits per heavy atom. The number of nitrogens with zero attached hydrogens (tertiary/aromatic N) is 1. The molecule has 20 heavy (non-hydrogen) atoms. The molecule has 1 aromatic heterocycles. The summed E-state index contributed by atoms with van der Waals surface area (Å²) in [5, 5.41) is 9.96. The van der Waals surface area contributed by atoms with E-state index in [-0.39, 0.29) is 10.6 Å². The lowest BCUT2D eigenvalue weighted by molar-refractivity contribution is 0.0697. The molecule has 0 spiro atoms. The van der Waals surface area contributed by atoms with Crippen LogP contribution in [0.2, 0.25) is 5.02 Å². The van der Waals surface area contributed by atoms with E-state index in [1.54, 1.807) is 24.4 Å². The van der Waals surface area contributed by atoms with Crippen LogP contribution >= 0.6 is 23.4 Å². The summed E-state index contributed by atoms with van der Waals surface area (Å²) in [6.45, 7) is 2.44. The zero-order valence-electron chi connectivity index (χ0n) is 10.7. The van der Waals surface area contributed by atoms with Crippen molar-refractivity contribution >= 4 is 29.3 Å². The van der Waals surface area contributed by atoms with Crippen LogP contribution in [-0.4, -0.2) is 22.7 Å². The summed E-state index contributed by atoms with van der Waals surface area (Å²) in [6.07, 6.45) is 1.67. The van der Waals surface area contributed by atoms with Gasteiger partial charge in [-0.1, -0.05) is 23.4 Å². The van der Waals surface area contributed by atoms with Crippen LogP contribution in [0.3, 0.4) is 0 Å². The predicted molar refractivity (Wildman–Crippen MR) is 77.9 cm³/mol. The van der Waals surface area contributed by atoms with Crippen LogP contribution in [0.25, 0.3) is 0 Å². The Hall–Kier alpha value is -1.72. The van der Waals surface area contributed by atoms with Crippen LogP contribution in [0.15, 0.2) is 46.5 Å². The maximum absolute atomic E-state index is 11.1. The number of carbonyl (C=O) groups is 1. The molecule has 0 aliphatic rings. The van der Waals surface area contributed by atoms with Crippen molar-refractivity contribution in [1.82, 2.24) is 4.98 Å². The van der Waals surface area contributed by atoms with Gasteiger partial charge in [0.05, 0.1) is 17.2 Å². The predicted octanol–water partition coefficient (Wildman–Crippen LogP) is 3.98. The van der Waals surface area contributed by atoms with Gasteiger partial charge >= 0.3 is 5.97 Å². The molecule has 0 atom stereocenters. The Kier molecular flexibility index (Phi) is 4.87. The number of carboxylic acids is 1. The molecule has 0 unspecified atom stereocenters. The van der Waals surface area contributed by atoms with Gasteiger partial charge in [0.25, 0.3) is 0 Å². The van der Waals surface area contributed by atoms with Gasteiger partial charge in [0, 0.05) is 11.1 Å². The number of benzene rings is 1. The summed E-state index contributed by atoms with van der Waals surface area (Å²) >= 11 is 7.18. The fourth-order valence-electron chi connectivity index (χ4n) is 1.56. The molecule has 1 N–H and O–H groups in total. The molecular formula is C14H12ClNO3S. The lowest BCUT2D eigenvalue weighted by Crippen LogP contribution is -1.98. The van der Waals surface area contributed by atoms with Crippen molar-refractivity contribution in [3.63, 3.8) is 0 Å². The zero-order valence-corrected chi connectivity index (χ0v) is 12.2. The van der Waals surface area contributed by atoms with Gasteiger partial charge in [0.2, 0.25) is 0 Å². The minimum atomic E-state index is -1.05. The molecular weight excluding hydrogens is 298 g/mol. The highest BCUT2D eigenvalue weighted by Crippen LogP contribution is 2.34. The fourth-order valence-corrected chi connectivity index (χ4v) is 2.64. The van der Waals surface area contributed by atoms with E-state index in [0.29, 0.717) is 17.4 Å². The molecule has 4 nitrogen and oxygen atoms in total. The summed E-state index contributed by atoms with van der Waals surface area (Å²) in [6, 6.07) is 8.46. The molecule has 0 aliphatic heterocycles. The minimum absolute atomic E-state index is 0.0746. The summed E-state index contributed by atoms with van der Waals surface area (Å²) < 4.78 is 5.48. The highest BCUT2D eigenvalue weighted by Gasteiger charge is 2.12. The van der Waals surface area contributed by atoms with Crippen LogP contribution in [0, 0.1) is 0 Å². The number of pyridine rings is 1. The van der Waals surface area contributed by atoms with Crippen molar-refractivity contribution < 1.29 is 14.6 Å². The standard InChI is InChI=1S/C14H12ClNO3S/c1-2-19-12-4-3-7-16-13(12)20-9-5-6-11(15)10(8-9)14(17)18/h3-8H,2H2,1H3,(H,17,18). The van der Waals surface area contributed by atoms with E-state index in [1.807, 2.05) is 13.0 Å². The third-order valence-electron chi connectivity index (χ3n) is 2.42. The van der Waals surface area contributed by atoms with Crippen LogP contribution in [0.4, 0.5) is 0 Å². The molecule has 0 aliphatic carbocycles. The monoisotopic (exact) mass is 309 g/mol. The van der Waals surface area contributed by atoms with Gasteiger partial charge in [-0.25, -0.2) is 9.78 Å². The average molecular weight is 310 g/mol. The van der Waals surface area contributed by atoms with Gasteiger partial charge in [-0.15, -0.1) is 0 Å². The number of aromatic nitrogens is 1. The fraction of sp³-hybridized carbons (Fsp3) is 0.143. The molecule has 2 aromatic rings. The van der Waals surface area contributed by atoms with E-state index in [0.717, 1.165) is 4.90 Å². The Morgan fingerprint density at radius 3 is 2.95 bits per heavy atom. The normalized spacial score (nSPS) is 10.3. The first-order chi connectivity index (χ1) is 9.61. The Labute approximate surface area is 125 Å². The molecule has 2 rings (SSSR count). The average Bonchev–Trinajstić information content (AvgIpc) is 2.43. The quantitative estimate of drug-likeness (QED) is 0.905. The van der Waals surface area contributed by atoms with Crippen molar-refractivity contribution in [2.24, 2.45) is 0 Å². The smallest absolute Gasteiger partial charge is 0.337 e. The minimum Gasteiger partial charge on any atom is -0.491 e. The highest BCUT2D eigenvalue weighted by atomic mass is 35.5. The van der Waals surface area contributed by atoms with E-state index < -0.39 is 5.97 Å². The first kappa shape index (κ1) is 14.7. The summed E-state index contributed by atoms with van der Waals surface area (Å²) in [5.41, 5.74) is 0.0746. The van der Waals surface area contributed by atoms with Gasteiger partial charge in [-0.2, -0.15) is 0 Å². The number of aromatic carboxylic acids is 1. The molecule has 6 heteroatoms. The summed E-state index contributed by atoms with van der Waals surface area (Å²) in [4.78, 5) is 16.1. The molecule has 0 amide bonds. The summed E-state index contributed by atoms with van der Waals surface area (Å²) in [5.74, 6) is -0.379. The number of hydrogen-bond donors (Lipinski definition) is 1. The maximum atomic E-state index is 11.1.